The molecule has 0 saturated carbocycles. The molecule has 2 rings (SSSR count). The Labute approximate surface area is 119 Å². The first-order chi connectivity index (χ1) is 10.1. The number of aliphatic carboxylic acids is 1. The second-order valence-electron chi connectivity index (χ2n) is 4.05. The summed E-state index contributed by atoms with van der Waals surface area (Å²) in [6.07, 6.45) is 5.10. The Balaban J connectivity index is 2.10. The maximum Gasteiger partial charge on any atom is 0.328 e. The molecule has 1 amide bonds. The molecule has 0 aliphatic heterocycles. The second kappa shape index (κ2) is 6.42. The molecular formula is C13H12N4O4. The summed E-state index contributed by atoms with van der Waals surface area (Å²) in [4.78, 5) is 30.4. The molecule has 0 saturated heterocycles. The van der Waals surface area contributed by atoms with Gasteiger partial charge in [-0.25, -0.2) is 4.79 Å². The number of carboxylic acid groups (broad SMARTS) is 1. The standard InChI is InChI=1S/C13H12N4O4/c1-8-16-11(21-17-8)7-15-13(20)10-4-5-14-6-9(10)2-3-12(18)19/h2-6H,7H2,1H3,(H,15,20)(H,18,19). The van der Waals surface area contributed by atoms with Crippen LogP contribution in [0.5, 0.6) is 0 Å². The lowest BCUT2D eigenvalue weighted by Crippen LogP contribution is -2.23. The molecule has 2 aromatic rings. The molecule has 0 fully saturated rings. The first-order valence-electron chi connectivity index (χ1n) is 5.98. The van der Waals surface area contributed by atoms with Gasteiger partial charge in [0, 0.05) is 29.6 Å². The lowest BCUT2D eigenvalue weighted by molar-refractivity contribution is -0.131. The van der Waals surface area contributed by atoms with E-state index in [2.05, 4.69) is 20.4 Å². The van der Waals surface area contributed by atoms with E-state index in [0.717, 1.165) is 6.08 Å². The van der Waals surface area contributed by atoms with Gasteiger partial charge in [-0.3, -0.25) is 9.78 Å². The largest absolute Gasteiger partial charge is 0.478 e. The van der Waals surface area contributed by atoms with E-state index in [0.29, 0.717) is 17.0 Å². The Morgan fingerprint density at radius 3 is 2.95 bits per heavy atom. The van der Waals surface area contributed by atoms with E-state index in [9.17, 15) is 9.59 Å². The number of carboxylic acids is 1. The molecule has 108 valence electrons. The topological polar surface area (TPSA) is 118 Å². The van der Waals surface area contributed by atoms with Crippen molar-refractivity contribution in [3.05, 3.63) is 47.4 Å². The molecule has 0 unspecified atom stereocenters. The van der Waals surface area contributed by atoms with Crippen molar-refractivity contribution < 1.29 is 19.2 Å². The minimum absolute atomic E-state index is 0.0874. The lowest BCUT2D eigenvalue weighted by Gasteiger charge is -2.05. The Morgan fingerprint density at radius 1 is 1.48 bits per heavy atom. The van der Waals surface area contributed by atoms with E-state index >= 15 is 0 Å². The van der Waals surface area contributed by atoms with Crippen molar-refractivity contribution in [2.75, 3.05) is 0 Å². The van der Waals surface area contributed by atoms with Crippen LogP contribution in [0, 0.1) is 6.92 Å². The molecule has 2 N–H and O–H groups in total. The summed E-state index contributed by atoms with van der Waals surface area (Å²) in [5.41, 5.74) is 0.706. The predicted molar refractivity (Wildman–Crippen MR) is 71.1 cm³/mol. The smallest absolute Gasteiger partial charge is 0.328 e. The average Bonchev–Trinajstić information content (AvgIpc) is 2.88. The Bertz CT molecular complexity index is 693. The van der Waals surface area contributed by atoms with Gasteiger partial charge in [0.1, 0.15) is 0 Å². The minimum Gasteiger partial charge on any atom is -0.478 e. The average molecular weight is 288 g/mol. The highest BCUT2D eigenvalue weighted by Crippen LogP contribution is 2.09. The van der Waals surface area contributed by atoms with E-state index in [1.54, 1.807) is 6.92 Å². The van der Waals surface area contributed by atoms with Crippen molar-refractivity contribution in [3.63, 3.8) is 0 Å². The van der Waals surface area contributed by atoms with Gasteiger partial charge in [-0.2, -0.15) is 4.98 Å². The zero-order chi connectivity index (χ0) is 15.2. The SMILES string of the molecule is Cc1noc(CNC(=O)c2ccncc2C=CC(=O)O)n1. The van der Waals surface area contributed by atoms with E-state index in [4.69, 9.17) is 9.63 Å². The van der Waals surface area contributed by atoms with Gasteiger partial charge in [0.15, 0.2) is 5.82 Å². The van der Waals surface area contributed by atoms with Crippen molar-refractivity contribution >= 4 is 18.0 Å². The fourth-order valence-corrected chi connectivity index (χ4v) is 1.57. The summed E-state index contributed by atoms with van der Waals surface area (Å²) in [6.45, 7) is 1.76. The summed E-state index contributed by atoms with van der Waals surface area (Å²) < 4.78 is 4.88. The number of hydrogen-bond acceptors (Lipinski definition) is 6. The third-order valence-electron chi connectivity index (χ3n) is 2.47. The highest BCUT2D eigenvalue weighted by Gasteiger charge is 2.11. The summed E-state index contributed by atoms with van der Waals surface area (Å²) in [6, 6.07) is 1.50. The Kier molecular flexibility index (Phi) is 4.39. The molecule has 0 radical (unpaired) electrons. The molecule has 8 nitrogen and oxygen atoms in total. The number of nitrogens with one attached hydrogen (secondary N) is 1. The van der Waals surface area contributed by atoms with E-state index < -0.39 is 11.9 Å². The minimum atomic E-state index is -1.11. The van der Waals surface area contributed by atoms with Crippen LogP contribution in [0.4, 0.5) is 0 Å². The quantitative estimate of drug-likeness (QED) is 0.781. The molecule has 21 heavy (non-hydrogen) atoms. The van der Waals surface area contributed by atoms with Gasteiger partial charge in [-0.15, -0.1) is 0 Å². The van der Waals surface area contributed by atoms with Crippen LogP contribution in [0.15, 0.2) is 29.1 Å². The maximum atomic E-state index is 12.1. The van der Waals surface area contributed by atoms with Gasteiger partial charge in [-0.1, -0.05) is 5.16 Å². The maximum absolute atomic E-state index is 12.1. The fraction of sp³-hybridized carbons (Fsp3) is 0.154. The van der Waals surface area contributed by atoms with Crippen LogP contribution >= 0.6 is 0 Å². The molecule has 0 bridgehead atoms. The van der Waals surface area contributed by atoms with Crippen LogP contribution < -0.4 is 5.32 Å². The van der Waals surface area contributed by atoms with Gasteiger partial charge in [0.25, 0.3) is 5.91 Å². The number of carbonyl (C=O) groups excluding carboxylic acids is 1. The lowest BCUT2D eigenvalue weighted by atomic mass is 10.1. The third-order valence-corrected chi connectivity index (χ3v) is 2.47. The molecule has 0 aromatic carbocycles. The first-order valence-corrected chi connectivity index (χ1v) is 5.98. The van der Waals surface area contributed by atoms with Crippen LogP contribution in [0.1, 0.15) is 27.6 Å². The van der Waals surface area contributed by atoms with Crippen molar-refractivity contribution in [2.24, 2.45) is 0 Å². The summed E-state index contributed by atoms with van der Waals surface area (Å²) >= 11 is 0. The van der Waals surface area contributed by atoms with Crippen molar-refractivity contribution in [3.8, 4) is 0 Å². The Hall–Kier alpha value is -3.03. The first kappa shape index (κ1) is 14.4. The molecule has 8 heteroatoms. The molecule has 2 aromatic heterocycles. The fourth-order valence-electron chi connectivity index (χ4n) is 1.57. The van der Waals surface area contributed by atoms with E-state index in [1.807, 2.05) is 0 Å². The number of carbonyl (C=O) groups is 2. The molecule has 0 aliphatic rings. The molecule has 0 spiro atoms. The van der Waals surface area contributed by atoms with Crippen LogP contribution in [0.3, 0.4) is 0 Å². The van der Waals surface area contributed by atoms with Gasteiger partial charge >= 0.3 is 5.97 Å². The zero-order valence-electron chi connectivity index (χ0n) is 11.1. The van der Waals surface area contributed by atoms with E-state index in [-0.39, 0.29) is 12.4 Å². The van der Waals surface area contributed by atoms with Crippen LogP contribution in [-0.4, -0.2) is 32.1 Å². The number of nitrogens with zero attached hydrogens (tertiary/aromatic N) is 3. The number of aryl methyl sites for hydroxylation is 1. The Morgan fingerprint density at radius 2 is 2.29 bits per heavy atom. The molecule has 2 heterocycles. The van der Waals surface area contributed by atoms with Crippen LogP contribution in [0.2, 0.25) is 0 Å². The van der Waals surface area contributed by atoms with Crippen LogP contribution in [-0.2, 0) is 11.3 Å². The molecule has 0 atom stereocenters. The monoisotopic (exact) mass is 288 g/mol. The second-order valence-corrected chi connectivity index (χ2v) is 4.05. The highest BCUT2D eigenvalue weighted by molar-refractivity contribution is 5.98. The van der Waals surface area contributed by atoms with Crippen molar-refractivity contribution in [1.82, 2.24) is 20.4 Å². The number of amides is 1. The summed E-state index contributed by atoms with van der Waals surface area (Å²) in [5, 5.41) is 14.8. The van der Waals surface area contributed by atoms with Gasteiger partial charge in [-0.05, 0) is 19.1 Å². The van der Waals surface area contributed by atoms with E-state index in [1.165, 1.54) is 24.5 Å². The zero-order valence-corrected chi connectivity index (χ0v) is 11.1. The predicted octanol–water partition coefficient (Wildman–Crippen LogP) is 0.801. The van der Waals surface area contributed by atoms with Crippen molar-refractivity contribution in [1.29, 1.82) is 0 Å². The molecule has 0 aliphatic carbocycles. The highest BCUT2D eigenvalue weighted by atomic mass is 16.5. The summed E-state index contributed by atoms with van der Waals surface area (Å²) in [7, 11) is 0. The van der Waals surface area contributed by atoms with Gasteiger partial charge in [0.05, 0.1) is 6.54 Å². The number of pyridine rings is 1. The normalized spacial score (nSPS) is 10.7. The van der Waals surface area contributed by atoms with Gasteiger partial charge in [0.2, 0.25) is 5.89 Å². The third kappa shape index (κ3) is 3.96. The number of aromatic nitrogens is 3. The number of rotatable bonds is 5. The summed E-state index contributed by atoms with van der Waals surface area (Å²) in [5.74, 6) is -0.726. The van der Waals surface area contributed by atoms with Crippen LogP contribution in [0.25, 0.3) is 6.08 Å². The van der Waals surface area contributed by atoms with Crippen molar-refractivity contribution in [2.45, 2.75) is 13.5 Å². The molecular weight excluding hydrogens is 276 g/mol. The van der Waals surface area contributed by atoms with Gasteiger partial charge < -0.3 is 14.9 Å². The number of hydrogen-bond donors (Lipinski definition) is 2.